The van der Waals surface area contributed by atoms with Gasteiger partial charge in [0, 0.05) is 12.2 Å². The molecule has 1 aromatic heterocycles. The molecule has 2 aromatic rings. The van der Waals surface area contributed by atoms with E-state index in [4.69, 9.17) is 0 Å². The van der Waals surface area contributed by atoms with Crippen LogP contribution < -0.4 is 10.6 Å². The highest BCUT2D eigenvalue weighted by molar-refractivity contribution is 5.92. The second-order valence-corrected chi connectivity index (χ2v) is 4.72. The van der Waals surface area contributed by atoms with Crippen LogP contribution in [0.4, 0.5) is 11.5 Å². The molecule has 0 saturated carbocycles. The van der Waals surface area contributed by atoms with Crippen molar-refractivity contribution >= 4 is 17.4 Å². The molecule has 5 heteroatoms. The van der Waals surface area contributed by atoms with Gasteiger partial charge in [-0.3, -0.25) is 4.79 Å². The van der Waals surface area contributed by atoms with Gasteiger partial charge in [-0.15, -0.1) is 0 Å². The minimum absolute atomic E-state index is 0.191. The fourth-order valence-corrected chi connectivity index (χ4v) is 1.81. The predicted molar refractivity (Wildman–Crippen MR) is 83.8 cm³/mol. The van der Waals surface area contributed by atoms with Gasteiger partial charge in [-0.25, -0.2) is 9.97 Å². The molecule has 21 heavy (non-hydrogen) atoms. The third-order valence-electron chi connectivity index (χ3n) is 3.05. The van der Waals surface area contributed by atoms with Crippen LogP contribution in [-0.2, 0) is 6.42 Å². The van der Waals surface area contributed by atoms with E-state index in [1.807, 2.05) is 19.1 Å². The number of anilines is 2. The first kappa shape index (κ1) is 15.0. The SMILES string of the molecule is CCCNC(=O)c1cnc(Nc2ccc(CC)cc2)cn1. The van der Waals surface area contributed by atoms with Crippen molar-refractivity contribution in [3.8, 4) is 0 Å². The third-order valence-corrected chi connectivity index (χ3v) is 3.05. The van der Waals surface area contributed by atoms with E-state index in [-0.39, 0.29) is 5.91 Å². The van der Waals surface area contributed by atoms with E-state index in [1.54, 1.807) is 6.20 Å². The lowest BCUT2D eigenvalue weighted by molar-refractivity contribution is 0.0948. The van der Waals surface area contributed by atoms with E-state index in [0.29, 0.717) is 18.1 Å². The van der Waals surface area contributed by atoms with Crippen molar-refractivity contribution in [2.75, 3.05) is 11.9 Å². The van der Waals surface area contributed by atoms with Crippen LogP contribution in [0.5, 0.6) is 0 Å². The predicted octanol–water partition coefficient (Wildman–Crippen LogP) is 2.92. The number of aryl methyl sites for hydroxylation is 1. The Morgan fingerprint density at radius 2 is 1.86 bits per heavy atom. The summed E-state index contributed by atoms with van der Waals surface area (Å²) in [6.07, 6.45) is 4.95. The van der Waals surface area contributed by atoms with Crippen molar-refractivity contribution in [2.45, 2.75) is 26.7 Å². The van der Waals surface area contributed by atoms with E-state index in [2.05, 4.69) is 39.7 Å². The highest BCUT2D eigenvalue weighted by Gasteiger charge is 2.06. The van der Waals surface area contributed by atoms with Gasteiger partial charge in [0.15, 0.2) is 0 Å². The van der Waals surface area contributed by atoms with Crippen LogP contribution in [0.1, 0.15) is 36.3 Å². The maximum atomic E-state index is 11.7. The van der Waals surface area contributed by atoms with Gasteiger partial charge in [-0.1, -0.05) is 26.0 Å². The molecule has 2 N–H and O–H groups in total. The summed E-state index contributed by atoms with van der Waals surface area (Å²) >= 11 is 0. The fourth-order valence-electron chi connectivity index (χ4n) is 1.81. The lowest BCUT2D eigenvalue weighted by atomic mass is 10.1. The number of nitrogens with one attached hydrogen (secondary N) is 2. The Balaban J connectivity index is 1.99. The Bertz CT molecular complexity index is 578. The topological polar surface area (TPSA) is 66.9 Å². The molecule has 1 aromatic carbocycles. The van der Waals surface area contributed by atoms with E-state index < -0.39 is 0 Å². The number of amides is 1. The Labute approximate surface area is 124 Å². The van der Waals surface area contributed by atoms with Gasteiger partial charge in [0.1, 0.15) is 11.5 Å². The summed E-state index contributed by atoms with van der Waals surface area (Å²) in [5, 5.41) is 5.93. The molecule has 0 unspecified atom stereocenters. The molecule has 1 heterocycles. The molecule has 0 aliphatic rings. The van der Waals surface area contributed by atoms with Gasteiger partial charge in [0.25, 0.3) is 5.91 Å². The molecular formula is C16H20N4O. The van der Waals surface area contributed by atoms with Crippen molar-refractivity contribution < 1.29 is 4.79 Å². The maximum absolute atomic E-state index is 11.7. The summed E-state index contributed by atoms with van der Waals surface area (Å²) in [5.74, 6) is 0.425. The second kappa shape index (κ2) is 7.38. The molecule has 0 aliphatic heterocycles. The zero-order valence-corrected chi connectivity index (χ0v) is 12.4. The minimum atomic E-state index is -0.191. The zero-order valence-electron chi connectivity index (χ0n) is 12.4. The van der Waals surface area contributed by atoms with Crippen LogP contribution >= 0.6 is 0 Å². The van der Waals surface area contributed by atoms with E-state index in [0.717, 1.165) is 18.5 Å². The Hall–Kier alpha value is -2.43. The standard InChI is InChI=1S/C16H20N4O/c1-3-9-17-16(21)14-10-19-15(11-18-14)20-13-7-5-12(4-2)6-8-13/h5-8,10-11H,3-4,9H2,1-2H3,(H,17,21)(H,19,20). The molecule has 0 radical (unpaired) electrons. The fraction of sp³-hybridized carbons (Fsp3) is 0.312. The summed E-state index contributed by atoms with van der Waals surface area (Å²) in [6, 6.07) is 8.15. The van der Waals surface area contributed by atoms with Crippen molar-refractivity contribution in [1.29, 1.82) is 0 Å². The molecule has 0 saturated heterocycles. The summed E-state index contributed by atoms with van der Waals surface area (Å²) < 4.78 is 0. The van der Waals surface area contributed by atoms with Crippen molar-refractivity contribution in [3.05, 3.63) is 47.9 Å². The highest BCUT2D eigenvalue weighted by Crippen LogP contribution is 2.14. The highest BCUT2D eigenvalue weighted by atomic mass is 16.1. The Morgan fingerprint density at radius 1 is 1.10 bits per heavy atom. The number of nitrogens with zero attached hydrogens (tertiary/aromatic N) is 2. The molecule has 2 rings (SSSR count). The Morgan fingerprint density at radius 3 is 2.43 bits per heavy atom. The van der Waals surface area contributed by atoms with Crippen LogP contribution in [0, 0.1) is 0 Å². The second-order valence-electron chi connectivity index (χ2n) is 4.72. The van der Waals surface area contributed by atoms with Crippen molar-refractivity contribution in [1.82, 2.24) is 15.3 Å². The number of rotatable bonds is 6. The first-order valence-corrected chi connectivity index (χ1v) is 7.19. The normalized spacial score (nSPS) is 10.2. The average Bonchev–Trinajstić information content (AvgIpc) is 2.54. The van der Waals surface area contributed by atoms with Gasteiger partial charge >= 0.3 is 0 Å². The van der Waals surface area contributed by atoms with Gasteiger partial charge in [0.05, 0.1) is 12.4 Å². The quantitative estimate of drug-likeness (QED) is 0.856. The molecule has 5 nitrogen and oxygen atoms in total. The van der Waals surface area contributed by atoms with E-state index >= 15 is 0 Å². The number of carbonyl (C=O) groups is 1. The largest absolute Gasteiger partial charge is 0.351 e. The van der Waals surface area contributed by atoms with Crippen LogP contribution in [0.15, 0.2) is 36.7 Å². The molecule has 0 atom stereocenters. The van der Waals surface area contributed by atoms with Crippen molar-refractivity contribution in [2.24, 2.45) is 0 Å². The zero-order chi connectivity index (χ0) is 15.1. The molecule has 0 aliphatic carbocycles. The number of benzene rings is 1. The van der Waals surface area contributed by atoms with E-state index in [1.165, 1.54) is 11.8 Å². The third kappa shape index (κ3) is 4.27. The molecule has 110 valence electrons. The van der Waals surface area contributed by atoms with Crippen LogP contribution in [0.25, 0.3) is 0 Å². The number of hydrogen-bond donors (Lipinski definition) is 2. The molecule has 0 spiro atoms. The lowest BCUT2D eigenvalue weighted by Gasteiger charge is -2.07. The lowest BCUT2D eigenvalue weighted by Crippen LogP contribution is -2.25. The number of carbonyl (C=O) groups excluding carboxylic acids is 1. The van der Waals surface area contributed by atoms with Crippen LogP contribution in [-0.4, -0.2) is 22.4 Å². The smallest absolute Gasteiger partial charge is 0.271 e. The number of hydrogen-bond acceptors (Lipinski definition) is 4. The monoisotopic (exact) mass is 284 g/mol. The summed E-state index contributed by atoms with van der Waals surface area (Å²) in [4.78, 5) is 20.0. The first-order valence-electron chi connectivity index (χ1n) is 7.19. The summed E-state index contributed by atoms with van der Waals surface area (Å²) in [6.45, 7) is 4.77. The van der Waals surface area contributed by atoms with Gasteiger partial charge in [-0.2, -0.15) is 0 Å². The van der Waals surface area contributed by atoms with Crippen LogP contribution in [0.2, 0.25) is 0 Å². The summed E-state index contributed by atoms with van der Waals surface area (Å²) in [7, 11) is 0. The summed E-state index contributed by atoms with van der Waals surface area (Å²) in [5.41, 5.74) is 2.56. The number of aromatic nitrogens is 2. The molecule has 0 fully saturated rings. The molecule has 1 amide bonds. The van der Waals surface area contributed by atoms with Crippen LogP contribution in [0.3, 0.4) is 0 Å². The first-order chi connectivity index (χ1) is 10.2. The molecule has 0 bridgehead atoms. The molecular weight excluding hydrogens is 264 g/mol. The maximum Gasteiger partial charge on any atom is 0.271 e. The average molecular weight is 284 g/mol. The minimum Gasteiger partial charge on any atom is -0.351 e. The Kier molecular flexibility index (Phi) is 5.26. The van der Waals surface area contributed by atoms with E-state index in [9.17, 15) is 4.79 Å². The van der Waals surface area contributed by atoms with Crippen molar-refractivity contribution in [3.63, 3.8) is 0 Å². The van der Waals surface area contributed by atoms with Gasteiger partial charge in [-0.05, 0) is 30.5 Å². The van der Waals surface area contributed by atoms with Gasteiger partial charge in [0.2, 0.25) is 0 Å². The van der Waals surface area contributed by atoms with Gasteiger partial charge < -0.3 is 10.6 Å².